The topological polar surface area (TPSA) is 99.3 Å². The van der Waals surface area contributed by atoms with Crippen LogP contribution in [0.15, 0.2) is 23.1 Å². The van der Waals surface area contributed by atoms with E-state index >= 15 is 0 Å². The molecular formula is C11H14N2O4. The molecule has 1 atom stereocenters. The number of rotatable bonds is 4. The van der Waals surface area contributed by atoms with Crippen molar-refractivity contribution in [2.24, 2.45) is 5.92 Å². The second-order valence-corrected chi connectivity index (χ2v) is 3.97. The Morgan fingerprint density at radius 2 is 2.06 bits per heavy atom. The molecule has 0 aliphatic carbocycles. The molecule has 1 aromatic heterocycles. The first kappa shape index (κ1) is 13.0. The largest absolute Gasteiger partial charge is 0.480 e. The second kappa shape index (κ2) is 5.29. The fourth-order valence-electron chi connectivity index (χ4n) is 1.32. The average Bonchev–Trinajstić information content (AvgIpc) is 2.24. The van der Waals surface area contributed by atoms with Crippen LogP contribution in [0.4, 0.5) is 0 Å². The first-order valence-corrected chi connectivity index (χ1v) is 5.14. The van der Waals surface area contributed by atoms with Gasteiger partial charge in [0.05, 0.1) is 0 Å². The molecule has 0 aromatic carbocycles. The van der Waals surface area contributed by atoms with E-state index in [0.717, 1.165) is 6.07 Å². The van der Waals surface area contributed by atoms with E-state index in [-0.39, 0.29) is 11.5 Å². The molecule has 0 unspecified atom stereocenters. The molecule has 0 aliphatic rings. The number of aromatic amines is 1. The van der Waals surface area contributed by atoms with Crippen molar-refractivity contribution in [2.45, 2.75) is 19.9 Å². The predicted molar refractivity (Wildman–Crippen MR) is 60.8 cm³/mol. The van der Waals surface area contributed by atoms with Gasteiger partial charge in [0.25, 0.3) is 5.91 Å². The Hall–Kier alpha value is -2.11. The number of nitrogens with one attached hydrogen (secondary N) is 2. The summed E-state index contributed by atoms with van der Waals surface area (Å²) in [5, 5.41) is 11.3. The van der Waals surface area contributed by atoms with Crippen LogP contribution in [0.5, 0.6) is 0 Å². The van der Waals surface area contributed by atoms with E-state index in [9.17, 15) is 14.4 Å². The molecule has 0 radical (unpaired) electrons. The lowest BCUT2D eigenvalue weighted by Gasteiger charge is -2.17. The highest BCUT2D eigenvalue weighted by Gasteiger charge is 2.23. The summed E-state index contributed by atoms with van der Waals surface area (Å²) in [6.45, 7) is 3.38. The molecule has 0 fully saturated rings. The number of aliphatic carboxylic acids is 1. The summed E-state index contributed by atoms with van der Waals surface area (Å²) in [7, 11) is 0. The van der Waals surface area contributed by atoms with Crippen LogP contribution in [0.3, 0.4) is 0 Å². The van der Waals surface area contributed by atoms with E-state index in [1.807, 2.05) is 0 Å². The minimum atomic E-state index is -1.10. The van der Waals surface area contributed by atoms with Gasteiger partial charge in [0, 0.05) is 17.8 Å². The molecule has 1 rings (SSSR count). The maximum Gasteiger partial charge on any atom is 0.326 e. The third-order valence-corrected chi connectivity index (χ3v) is 2.26. The van der Waals surface area contributed by atoms with E-state index < -0.39 is 23.5 Å². The van der Waals surface area contributed by atoms with Crippen molar-refractivity contribution in [2.75, 3.05) is 0 Å². The summed E-state index contributed by atoms with van der Waals surface area (Å²) in [4.78, 5) is 36.0. The number of hydrogen-bond acceptors (Lipinski definition) is 3. The lowest BCUT2D eigenvalue weighted by atomic mass is 10.0. The summed E-state index contributed by atoms with van der Waals surface area (Å²) < 4.78 is 0. The second-order valence-electron chi connectivity index (χ2n) is 3.97. The minimum Gasteiger partial charge on any atom is -0.480 e. The summed E-state index contributed by atoms with van der Waals surface area (Å²) in [5.74, 6) is -1.91. The molecule has 1 heterocycles. The highest BCUT2D eigenvalue weighted by Crippen LogP contribution is 2.03. The van der Waals surface area contributed by atoms with Gasteiger partial charge in [0.1, 0.15) is 6.04 Å². The van der Waals surface area contributed by atoms with Crippen molar-refractivity contribution >= 4 is 11.9 Å². The Bertz CT molecular complexity index is 478. The maximum atomic E-state index is 11.7. The monoisotopic (exact) mass is 238 g/mol. The van der Waals surface area contributed by atoms with Crippen molar-refractivity contribution < 1.29 is 14.7 Å². The van der Waals surface area contributed by atoms with Gasteiger partial charge in [-0.05, 0) is 12.0 Å². The lowest BCUT2D eigenvalue weighted by Crippen LogP contribution is -2.44. The number of carbonyl (C=O) groups is 2. The number of pyridine rings is 1. The molecule has 92 valence electrons. The molecule has 3 N–H and O–H groups in total. The maximum absolute atomic E-state index is 11.7. The molecular weight excluding hydrogens is 224 g/mol. The van der Waals surface area contributed by atoms with Gasteiger partial charge in [-0.15, -0.1) is 0 Å². The van der Waals surface area contributed by atoms with E-state index in [1.165, 1.54) is 12.3 Å². The van der Waals surface area contributed by atoms with Gasteiger partial charge in [-0.2, -0.15) is 0 Å². The highest BCUT2D eigenvalue weighted by molar-refractivity contribution is 5.96. The van der Waals surface area contributed by atoms with Crippen molar-refractivity contribution in [3.05, 3.63) is 34.2 Å². The van der Waals surface area contributed by atoms with Gasteiger partial charge >= 0.3 is 5.97 Å². The molecule has 17 heavy (non-hydrogen) atoms. The zero-order chi connectivity index (χ0) is 13.0. The van der Waals surface area contributed by atoms with Crippen molar-refractivity contribution in [3.63, 3.8) is 0 Å². The van der Waals surface area contributed by atoms with Crippen LogP contribution in [0.2, 0.25) is 0 Å². The molecule has 0 saturated carbocycles. The highest BCUT2D eigenvalue weighted by atomic mass is 16.4. The van der Waals surface area contributed by atoms with Gasteiger partial charge in [-0.3, -0.25) is 9.59 Å². The fraction of sp³-hybridized carbons (Fsp3) is 0.364. The molecule has 0 bridgehead atoms. The number of H-pyrrole nitrogens is 1. The average molecular weight is 238 g/mol. The zero-order valence-electron chi connectivity index (χ0n) is 9.56. The van der Waals surface area contributed by atoms with Crippen LogP contribution >= 0.6 is 0 Å². The molecule has 1 aromatic rings. The van der Waals surface area contributed by atoms with Crippen LogP contribution in [-0.2, 0) is 4.79 Å². The van der Waals surface area contributed by atoms with Crippen molar-refractivity contribution in [1.29, 1.82) is 0 Å². The molecule has 0 spiro atoms. The Morgan fingerprint density at radius 3 is 2.53 bits per heavy atom. The molecule has 1 amide bonds. The Balaban J connectivity index is 2.85. The zero-order valence-corrected chi connectivity index (χ0v) is 9.56. The first-order valence-electron chi connectivity index (χ1n) is 5.14. The predicted octanol–water partition coefficient (Wildman–Crippen LogP) is 0.214. The number of carbonyl (C=O) groups excluding carboxylic acids is 1. The van der Waals surface area contributed by atoms with Crippen LogP contribution in [0.25, 0.3) is 0 Å². The standard InChI is InChI=1S/C11H14N2O4/c1-6(2)9(11(16)17)13-10(15)7-3-4-12-8(14)5-7/h3-6,9H,1-2H3,(H,12,14)(H,13,15)(H,16,17)/t9-/m1/s1. The normalized spacial score (nSPS) is 12.2. The van der Waals surface area contributed by atoms with Crippen LogP contribution in [-0.4, -0.2) is 28.0 Å². The number of hydrogen-bond donors (Lipinski definition) is 3. The Morgan fingerprint density at radius 1 is 1.41 bits per heavy atom. The fourth-order valence-corrected chi connectivity index (χ4v) is 1.32. The number of amides is 1. The van der Waals surface area contributed by atoms with E-state index in [4.69, 9.17) is 5.11 Å². The molecule has 6 nitrogen and oxygen atoms in total. The quantitative estimate of drug-likeness (QED) is 0.698. The van der Waals surface area contributed by atoms with Crippen molar-refractivity contribution in [3.8, 4) is 0 Å². The van der Waals surface area contributed by atoms with Crippen LogP contribution in [0.1, 0.15) is 24.2 Å². The number of carboxylic acid groups (broad SMARTS) is 1. The molecule has 6 heteroatoms. The van der Waals surface area contributed by atoms with E-state index in [1.54, 1.807) is 13.8 Å². The minimum absolute atomic E-state index is 0.139. The summed E-state index contributed by atoms with van der Waals surface area (Å²) in [6, 6.07) is 1.56. The van der Waals surface area contributed by atoms with Gasteiger partial charge in [0.15, 0.2) is 0 Å². The Kier molecular flexibility index (Phi) is 4.03. The molecule has 0 saturated heterocycles. The van der Waals surface area contributed by atoms with Gasteiger partial charge in [-0.1, -0.05) is 13.8 Å². The summed E-state index contributed by atoms with van der Waals surface area (Å²) in [5.41, 5.74) is -0.269. The smallest absolute Gasteiger partial charge is 0.326 e. The third-order valence-electron chi connectivity index (χ3n) is 2.26. The summed E-state index contributed by atoms with van der Waals surface area (Å²) in [6.07, 6.45) is 1.34. The first-order chi connectivity index (χ1) is 7.91. The van der Waals surface area contributed by atoms with E-state index in [2.05, 4.69) is 10.3 Å². The third kappa shape index (κ3) is 3.44. The van der Waals surface area contributed by atoms with Gasteiger partial charge in [0.2, 0.25) is 5.56 Å². The Labute approximate surface area is 97.7 Å². The number of carboxylic acids is 1. The SMILES string of the molecule is CC(C)[C@@H](NC(=O)c1cc[nH]c(=O)c1)C(=O)O. The number of aromatic nitrogens is 1. The van der Waals surface area contributed by atoms with Crippen LogP contribution < -0.4 is 10.9 Å². The molecule has 0 aliphatic heterocycles. The van der Waals surface area contributed by atoms with Crippen LogP contribution in [0, 0.1) is 5.92 Å². The lowest BCUT2D eigenvalue weighted by molar-refractivity contribution is -0.140. The van der Waals surface area contributed by atoms with Gasteiger partial charge in [-0.25, -0.2) is 4.79 Å². The van der Waals surface area contributed by atoms with Gasteiger partial charge < -0.3 is 15.4 Å². The summed E-state index contributed by atoms with van der Waals surface area (Å²) >= 11 is 0. The van der Waals surface area contributed by atoms with E-state index in [0.29, 0.717) is 0 Å². The van der Waals surface area contributed by atoms with Crippen molar-refractivity contribution in [1.82, 2.24) is 10.3 Å².